The monoisotopic (exact) mass is 267 g/mol. The van der Waals surface area contributed by atoms with Crippen LogP contribution in [0.3, 0.4) is 0 Å². The van der Waals surface area contributed by atoms with E-state index in [2.05, 4.69) is 25.2 Å². The molecule has 1 amide bonds. The molecule has 0 saturated carbocycles. The molecule has 0 saturated heterocycles. The van der Waals surface area contributed by atoms with E-state index in [4.69, 9.17) is 0 Å². The van der Waals surface area contributed by atoms with E-state index in [1.807, 2.05) is 48.5 Å². The molecule has 0 heterocycles. The number of anilines is 1. The van der Waals surface area contributed by atoms with Crippen LogP contribution in [0.2, 0.25) is 0 Å². The SMILES string of the molecule is CC[C@@H](C)c1ccccc1NC(=O)Cc1ccccc1. The maximum absolute atomic E-state index is 12.1. The van der Waals surface area contributed by atoms with Gasteiger partial charge in [-0.25, -0.2) is 0 Å². The fourth-order valence-corrected chi connectivity index (χ4v) is 2.24. The summed E-state index contributed by atoms with van der Waals surface area (Å²) in [4.78, 5) is 12.1. The average molecular weight is 267 g/mol. The molecule has 2 heteroatoms. The molecule has 20 heavy (non-hydrogen) atoms. The van der Waals surface area contributed by atoms with Crippen LogP contribution in [-0.2, 0) is 11.2 Å². The van der Waals surface area contributed by atoms with Gasteiger partial charge in [-0.1, -0.05) is 62.4 Å². The number of para-hydroxylation sites is 1. The summed E-state index contributed by atoms with van der Waals surface area (Å²) in [6.07, 6.45) is 1.47. The molecule has 2 aromatic carbocycles. The number of rotatable bonds is 5. The normalized spacial score (nSPS) is 11.9. The first-order chi connectivity index (χ1) is 9.70. The molecule has 0 aliphatic rings. The lowest BCUT2D eigenvalue weighted by atomic mass is 9.97. The molecule has 0 aliphatic heterocycles. The maximum Gasteiger partial charge on any atom is 0.228 e. The highest BCUT2D eigenvalue weighted by Crippen LogP contribution is 2.26. The Bertz CT molecular complexity index is 563. The topological polar surface area (TPSA) is 29.1 Å². The fraction of sp³-hybridized carbons (Fsp3) is 0.278. The number of nitrogens with one attached hydrogen (secondary N) is 1. The minimum absolute atomic E-state index is 0.0342. The second kappa shape index (κ2) is 6.90. The molecule has 0 spiro atoms. The minimum Gasteiger partial charge on any atom is -0.326 e. The Labute approximate surface area is 120 Å². The van der Waals surface area contributed by atoms with E-state index >= 15 is 0 Å². The van der Waals surface area contributed by atoms with Gasteiger partial charge in [0.15, 0.2) is 0 Å². The lowest BCUT2D eigenvalue weighted by molar-refractivity contribution is -0.115. The molecule has 0 radical (unpaired) electrons. The van der Waals surface area contributed by atoms with Gasteiger partial charge in [0, 0.05) is 5.69 Å². The Morgan fingerprint density at radius 2 is 1.70 bits per heavy atom. The predicted octanol–water partition coefficient (Wildman–Crippen LogP) is 4.38. The Kier molecular flexibility index (Phi) is 4.94. The van der Waals surface area contributed by atoms with Gasteiger partial charge in [-0.05, 0) is 29.5 Å². The van der Waals surface area contributed by atoms with E-state index in [0.29, 0.717) is 12.3 Å². The van der Waals surface area contributed by atoms with E-state index in [1.54, 1.807) is 0 Å². The zero-order valence-electron chi connectivity index (χ0n) is 12.1. The summed E-state index contributed by atoms with van der Waals surface area (Å²) < 4.78 is 0. The van der Waals surface area contributed by atoms with Gasteiger partial charge in [-0.15, -0.1) is 0 Å². The van der Waals surface area contributed by atoms with E-state index in [-0.39, 0.29) is 5.91 Å². The van der Waals surface area contributed by atoms with Crippen molar-refractivity contribution >= 4 is 11.6 Å². The van der Waals surface area contributed by atoms with Crippen molar-refractivity contribution in [2.24, 2.45) is 0 Å². The molecule has 2 nitrogen and oxygen atoms in total. The quantitative estimate of drug-likeness (QED) is 0.855. The summed E-state index contributed by atoms with van der Waals surface area (Å²) >= 11 is 0. The summed E-state index contributed by atoms with van der Waals surface area (Å²) in [5.74, 6) is 0.482. The Morgan fingerprint density at radius 1 is 1.05 bits per heavy atom. The number of carbonyl (C=O) groups is 1. The van der Waals surface area contributed by atoms with Crippen LogP contribution in [-0.4, -0.2) is 5.91 Å². The molecule has 0 aliphatic carbocycles. The fourth-order valence-electron chi connectivity index (χ4n) is 2.24. The standard InChI is InChI=1S/C18H21NO/c1-3-14(2)16-11-7-8-12-17(16)19-18(20)13-15-9-5-4-6-10-15/h4-12,14H,3,13H2,1-2H3,(H,19,20)/t14-/m1/s1. The van der Waals surface area contributed by atoms with Crippen LogP contribution in [0.5, 0.6) is 0 Å². The first kappa shape index (κ1) is 14.3. The van der Waals surface area contributed by atoms with Crippen molar-refractivity contribution < 1.29 is 4.79 Å². The number of amides is 1. The maximum atomic E-state index is 12.1. The summed E-state index contributed by atoms with van der Waals surface area (Å²) in [5.41, 5.74) is 3.17. The predicted molar refractivity (Wildman–Crippen MR) is 83.9 cm³/mol. The van der Waals surface area contributed by atoms with E-state index < -0.39 is 0 Å². The van der Waals surface area contributed by atoms with Crippen molar-refractivity contribution in [3.8, 4) is 0 Å². The molecule has 0 unspecified atom stereocenters. The highest BCUT2D eigenvalue weighted by atomic mass is 16.1. The highest BCUT2D eigenvalue weighted by Gasteiger charge is 2.11. The lowest BCUT2D eigenvalue weighted by Gasteiger charge is -2.15. The van der Waals surface area contributed by atoms with Crippen LogP contribution in [0.4, 0.5) is 5.69 Å². The van der Waals surface area contributed by atoms with Crippen LogP contribution in [0.15, 0.2) is 54.6 Å². The second-order valence-corrected chi connectivity index (χ2v) is 5.11. The molecule has 2 aromatic rings. The molecule has 104 valence electrons. The Balaban J connectivity index is 2.08. The molecule has 0 aromatic heterocycles. The van der Waals surface area contributed by atoms with Crippen molar-refractivity contribution in [3.05, 3.63) is 65.7 Å². The lowest BCUT2D eigenvalue weighted by Crippen LogP contribution is -2.16. The van der Waals surface area contributed by atoms with Gasteiger partial charge >= 0.3 is 0 Å². The van der Waals surface area contributed by atoms with E-state index in [1.165, 1.54) is 5.56 Å². The second-order valence-electron chi connectivity index (χ2n) is 5.11. The Morgan fingerprint density at radius 3 is 2.40 bits per heavy atom. The third kappa shape index (κ3) is 3.70. The number of hydrogen-bond donors (Lipinski definition) is 1. The molecular formula is C18H21NO. The largest absolute Gasteiger partial charge is 0.326 e. The van der Waals surface area contributed by atoms with Gasteiger partial charge in [0.05, 0.1) is 6.42 Å². The van der Waals surface area contributed by atoms with Gasteiger partial charge in [-0.3, -0.25) is 4.79 Å². The molecule has 2 rings (SSSR count). The molecule has 1 atom stereocenters. The zero-order chi connectivity index (χ0) is 14.4. The number of carbonyl (C=O) groups excluding carboxylic acids is 1. The molecular weight excluding hydrogens is 246 g/mol. The summed E-state index contributed by atoms with van der Waals surface area (Å²) in [6.45, 7) is 4.34. The van der Waals surface area contributed by atoms with Crippen LogP contribution in [0.1, 0.15) is 37.3 Å². The smallest absolute Gasteiger partial charge is 0.228 e. The number of hydrogen-bond acceptors (Lipinski definition) is 1. The minimum atomic E-state index is 0.0342. The third-order valence-electron chi connectivity index (χ3n) is 3.59. The Hall–Kier alpha value is -2.09. The summed E-state index contributed by atoms with van der Waals surface area (Å²) in [5, 5.41) is 3.04. The zero-order valence-corrected chi connectivity index (χ0v) is 12.1. The van der Waals surface area contributed by atoms with Crippen molar-refractivity contribution in [2.75, 3.05) is 5.32 Å². The van der Waals surface area contributed by atoms with Crippen LogP contribution in [0, 0.1) is 0 Å². The van der Waals surface area contributed by atoms with Gasteiger partial charge in [0.2, 0.25) is 5.91 Å². The first-order valence-electron chi connectivity index (χ1n) is 7.13. The van der Waals surface area contributed by atoms with Gasteiger partial charge in [0.1, 0.15) is 0 Å². The van der Waals surface area contributed by atoms with Gasteiger partial charge in [-0.2, -0.15) is 0 Å². The van der Waals surface area contributed by atoms with Gasteiger partial charge in [0.25, 0.3) is 0 Å². The van der Waals surface area contributed by atoms with Crippen molar-refractivity contribution in [1.82, 2.24) is 0 Å². The van der Waals surface area contributed by atoms with Crippen molar-refractivity contribution in [2.45, 2.75) is 32.6 Å². The van der Waals surface area contributed by atoms with E-state index in [0.717, 1.165) is 17.7 Å². The molecule has 0 fully saturated rings. The van der Waals surface area contributed by atoms with Crippen LogP contribution < -0.4 is 5.32 Å². The van der Waals surface area contributed by atoms with Crippen molar-refractivity contribution in [1.29, 1.82) is 0 Å². The third-order valence-corrected chi connectivity index (χ3v) is 3.59. The highest BCUT2D eigenvalue weighted by molar-refractivity contribution is 5.93. The van der Waals surface area contributed by atoms with E-state index in [9.17, 15) is 4.79 Å². The van der Waals surface area contributed by atoms with Gasteiger partial charge < -0.3 is 5.32 Å². The molecule has 1 N–H and O–H groups in total. The van der Waals surface area contributed by atoms with Crippen LogP contribution >= 0.6 is 0 Å². The van der Waals surface area contributed by atoms with Crippen LogP contribution in [0.25, 0.3) is 0 Å². The summed E-state index contributed by atoms with van der Waals surface area (Å²) in [6, 6.07) is 17.9. The summed E-state index contributed by atoms with van der Waals surface area (Å²) in [7, 11) is 0. The average Bonchev–Trinajstić information content (AvgIpc) is 2.48. The number of benzene rings is 2. The first-order valence-corrected chi connectivity index (χ1v) is 7.13. The van der Waals surface area contributed by atoms with Crippen molar-refractivity contribution in [3.63, 3.8) is 0 Å². The molecule has 0 bridgehead atoms.